The molecule has 0 aliphatic rings. The number of nitrogens with zero attached hydrogens (tertiary/aromatic N) is 1. The molecular weight excluding hydrogens is 233 g/mol. The number of nitrogens with one attached hydrogen (secondary N) is 1. The van der Waals surface area contributed by atoms with E-state index in [1.807, 2.05) is 25.9 Å². The molecule has 0 aliphatic carbocycles. The molecule has 1 aromatic rings. The van der Waals surface area contributed by atoms with Crippen LogP contribution in [0.15, 0.2) is 12.1 Å². The SMILES string of the molecule is Cc1cc(N)cc(C(=O)NCC(C)N(C)C)c1F. The largest absolute Gasteiger partial charge is 0.399 e. The van der Waals surface area contributed by atoms with E-state index in [1.165, 1.54) is 12.1 Å². The minimum absolute atomic E-state index is 0.00143. The van der Waals surface area contributed by atoms with Crippen LogP contribution in [0.1, 0.15) is 22.8 Å². The number of carbonyl (C=O) groups is 1. The fraction of sp³-hybridized carbons (Fsp3) is 0.462. The van der Waals surface area contributed by atoms with Crippen LogP contribution in [0.3, 0.4) is 0 Å². The van der Waals surface area contributed by atoms with Crippen LogP contribution < -0.4 is 11.1 Å². The van der Waals surface area contributed by atoms with Crippen molar-refractivity contribution in [2.24, 2.45) is 0 Å². The summed E-state index contributed by atoms with van der Waals surface area (Å²) in [7, 11) is 3.84. The highest BCUT2D eigenvalue weighted by atomic mass is 19.1. The highest BCUT2D eigenvalue weighted by Crippen LogP contribution is 2.16. The first kappa shape index (κ1) is 14.4. The summed E-state index contributed by atoms with van der Waals surface area (Å²) < 4.78 is 13.8. The van der Waals surface area contributed by atoms with E-state index >= 15 is 0 Å². The molecule has 0 heterocycles. The Morgan fingerprint density at radius 3 is 2.67 bits per heavy atom. The van der Waals surface area contributed by atoms with E-state index in [1.54, 1.807) is 6.92 Å². The molecule has 5 heteroatoms. The van der Waals surface area contributed by atoms with Gasteiger partial charge in [-0.3, -0.25) is 4.79 Å². The van der Waals surface area contributed by atoms with E-state index in [4.69, 9.17) is 5.73 Å². The average Bonchev–Trinajstić information content (AvgIpc) is 2.29. The molecule has 0 fully saturated rings. The first-order chi connectivity index (χ1) is 8.32. The summed E-state index contributed by atoms with van der Waals surface area (Å²) in [6.07, 6.45) is 0. The number of aryl methyl sites for hydroxylation is 1. The van der Waals surface area contributed by atoms with Gasteiger partial charge < -0.3 is 16.0 Å². The summed E-state index contributed by atoms with van der Waals surface area (Å²) in [5, 5.41) is 2.70. The lowest BCUT2D eigenvalue weighted by molar-refractivity contribution is 0.0939. The molecule has 18 heavy (non-hydrogen) atoms. The van der Waals surface area contributed by atoms with Gasteiger partial charge in [-0.1, -0.05) is 0 Å². The van der Waals surface area contributed by atoms with Crippen LogP contribution in [0, 0.1) is 12.7 Å². The standard InChI is InChI=1S/C13H20FN3O/c1-8-5-10(15)6-11(12(8)14)13(18)16-7-9(2)17(3)4/h5-6,9H,7,15H2,1-4H3,(H,16,18). The third-order valence-electron chi connectivity index (χ3n) is 2.96. The molecule has 1 atom stereocenters. The Kier molecular flexibility index (Phi) is 4.67. The van der Waals surface area contributed by atoms with Crippen LogP contribution in [0.4, 0.5) is 10.1 Å². The molecule has 0 aromatic heterocycles. The smallest absolute Gasteiger partial charge is 0.254 e. The summed E-state index contributed by atoms with van der Waals surface area (Å²) in [5.74, 6) is -0.948. The first-order valence-electron chi connectivity index (χ1n) is 5.83. The van der Waals surface area contributed by atoms with Gasteiger partial charge in [-0.2, -0.15) is 0 Å². The summed E-state index contributed by atoms with van der Waals surface area (Å²) in [6.45, 7) is 4.02. The minimum Gasteiger partial charge on any atom is -0.399 e. The lowest BCUT2D eigenvalue weighted by atomic mass is 10.1. The third kappa shape index (κ3) is 3.43. The Morgan fingerprint density at radius 1 is 1.50 bits per heavy atom. The van der Waals surface area contributed by atoms with Crippen molar-refractivity contribution in [3.63, 3.8) is 0 Å². The third-order valence-corrected chi connectivity index (χ3v) is 2.96. The molecule has 0 aliphatic heterocycles. The maximum atomic E-state index is 13.8. The number of hydrogen-bond acceptors (Lipinski definition) is 3. The van der Waals surface area contributed by atoms with Gasteiger partial charge in [0.05, 0.1) is 5.56 Å². The van der Waals surface area contributed by atoms with E-state index in [2.05, 4.69) is 5.32 Å². The van der Waals surface area contributed by atoms with Crippen LogP contribution in [-0.2, 0) is 0 Å². The normalized spacial score (nSPS) is 12.6. The van der Waals surface area contributed by atoms with Crippen LogP contribution in [0.25, 0.3) is 0 Å². The maximum Gasteiger partial charge on any atom is 0.254 e. The van der Waals surface area contributed by atoms with Crippen molar-refractivity contribution in [3.8, 4) is 0 Å². The second-order valence-corrected chi connectivity index (χ2v) is 4.72. The Bertz CT molecular complexity index is 446. The molecule has 3 N–H and O–H groups in total. The fourth-order valence-electron chi connectivity index (χ4n) is 1.48. The number of nitrogens with two attached hydrogens (primary N) is 1. The highest BCUT2D eigenvalue weighted by molar-refractivity contribution is 5.95. The Morgan fingerprint density at radius 2 is 2.11 bits per heavy atom. The number of halogens is 1. The molecule has 0 radical (unpaired) electrons. The Balaban J connectivity index is 2.79. The summed E-state index contributed by atoms with van der Waals surface area (Å²) in [4.78, 5) is 13.8. The van der Waals surface area contributed by atoms with Crippen molar-refractivity contribution in [1.29, 1.82) is 0 Å². The van der Waals surface area contributed by atoms with Gasteiger partial charge in [0.15, 0.2) is 0 Å². The summed E-state index contributed by atoms with van der Waals surface area (Å²) in [6, 6.07) is 3.05. The molecule has 0 saturated heterocycles. The van der Waals surface area contributed by atoms with E-state index in [0.29, 0.717) is 17.8 Å². The number of benzene rings is 1. The summed E-state index contributed by atoms with van der Waals surface area (Å²) in [5.41, 5.74) is 6.38. The lowest BCUT2D eigenvalue weighted by Gasteiger charge is -2.20. The summed E-state index contributed by atoms with van der Waals surface area (Å²) >= 11 is 0. The van der Waals surface area contributed by atoms with Crippen LogP contribution in [0.2, 0.25) is 0 Å². The number of hydrogen-bond donors (Lipinski definition) is 2. The number of nitrogen functional groups attached to an aromatic ring is 1. The lowest BCUT2D eigenvalue weighted by Crippen LogP contribution is -2.38. The van der Waals surface area contributed by atoms with Crippen molar-refractivity contribution in [2.45, 2.75) is 19.9 Å². The quantitative estimate of drug-likeness (QED) is 0.797. The number of anilines is 1. The maximum absolute atomic E-state index is 13.8. The molecule has 0 bridgehead atoms. The van der Waals surface area contributed by atoms with Gasteiger partial charge in [0.25, 0.3) is 5.91 Å². The molecule has 1 aromatic carbocycles. The number of rotatable bonds is 4. The molecule has 1 rings (SSSR count). The molecule has 0 saturated carbocycles. The van der Waals surface area contributed by atoms with Crippen LogP contribution in [0.5, 0.6) is 0 Å². The molecule has 0 spiro atoms. The Labute approximate surface area is 107 Å². The highest BCUT2D eigenvalue weighted by Gasteiger charge is 2.15. The number of carbonyl (C=O) groups excluding carboxylic acids is 1. The van der Waals surface area contributed by atoms with E-state index in [-0.39, 0.29) is 11.6 Å². The topological polar surface area (TPSA) is 58.4 Å². The zero-order valence-electron chi connectivity index (χ0n) is 11.2. The van der Waals surface area contributed by atoms with Crippen molar-refractivity contribution < 1.29 is 9.18 Å². The second kappa shape index (κ2) is 5.82. The predicted molar refractivity (Wildman–Crippen MR) is 71.0 cm³/mol. The van der Waals surface area contributed by atoms with Gasteiger partial charge in [0, 0.05) is 18.3 Å². The molecular formula is C13H20FN3O. The van der Waals surface area contributed by atoms with Crippen LogP contribution in [-0.4, -0.2) is 37.5 Å². The van der Waals surface area contributed by atoms with Crippen LogP contribution >= 0.6 is 0 Å². The number of amides is 1. The first-order valence-corrected chi connectivity index (χ1v) is 5.83. The van der Waals surface area contributed by atoms with Crippen molar-refractivity contribution in [2.75, 3.05) is 26.4 Å². The minimum atomic E-state index is -0.515. The second-order valence-electron chi connectivity index (χ2n) is 4.72. The Hall–Kier alpha value is -1.62. The molecule has 100 valence electrons. The van der Waals surface area contributed by atoms with Gasteiger partial charge >= 0.3 is 0 Å². The van der Waals surface area contributed by atoms with Gasteiger partial charge in [-0.25, -0.2) is 4.39 Å². The molecule has 4 nitrogen and oxygen atoms in total. The molecule has 1 amide bonds. The van der Waals surface area contributed by atoms with Gasteiger partial charge in [0.2, 0.25) is 0 Å². The van der Waals surface area contributed by atoms with E-state index < -0.39 is 11.7 Å². The van der Waals surface area contributed by atoms with Crippen molar-refractivity contribution >= 4 is 11.6 Å². The predicted octanol–water partition coefficient (Wildman–Crippen LogP) is 1.40. The number of likely N-dealkylation sites (N-methyl/N-ethyl adjacent to an activating group) is 1. The van der Waals surface area contributed by atoms with Gasteiger partial charge in [-0.15, -0.1) is 0 Å². The van der Waals surface area contributed by atoms with Gasteiger partial charge in [-0.05, 0) is 45.6 Å². The van der Waals surface area contributed by atoms with E-state index in [0.717, 1.165) is 0 Å². The fourth-order valence-corrected chi connectivity index (χ4v) is 1.48. The zero-order chi connectivity index (χ0) is 13.9. The van der Waals surface area contributed by atoms with Crippen molar-refractivity contribution in [3.05, 3.63) is 29.1 Å². The monoisotopic (exact) mass is 253 g/mol. The van der Waals surface area contributed by atoms with Gasteiger partial charge in [0.1, 0.15) is 5.82 Å². The van der Waals surface area contributed by atoms with Crippen molar-refractivity contribution in [1.82, 2.24) is 10.2 Å². The average molecular weight is 253 g/mol. The molecule has 1 unspecified atom stereocenters. The zero-order valence-corrected chi connectivity index (χ0v) is 11.2. The van der Waals surface area contributed by atoms with E-state index in [9.17, 15) is 9.18 Å².